The monoisotopic (exact) mass is 401 g/mol. The maximum Gasteiger partial charge on any atom is 0.434 e. The molecular formula is C18H19ClF3N3O2. The second-order valence-electron chi connectivity index (χ2n) is 6.60. The van der Waals surface area contributed by atoms with E-state index < -0.39 is 22.5 Å². The average molecular weight is 402 g/mol. The predicted molar refractivity (Wildman–Crippen MR) is 95.1 cm³/mol. The number of rotatable bonds is 4. The van der Waals surface area contributed by atoms with Crippen LogP contribution < -0.4 is 9.64 Å². The highest BCUT2D eigenvalue weighted by Gasteiger charge is 2.37. The molecule has 0 atom stereocenters. The van der Waals surface area contributed by atoms with Crippen LogP contribution in [0.15, 0.2) is 30.7 Å². The molecule has 1 fully saturated rings. The second-order valence-corrected chi connectivity index (χ2v) is 7.00. The molecule has 1 N–H and O–H groups in total. The Balaban J connectivity index is 1.69. The van der Waals surface area contributed by atoms with Gasteiger partial charge in [0.25, 0.3) is 0 Å². The van der Waals surface area contributed by atoms with Crippen LogP contribution in [-0.4, -0.2) is 40.9 Å². The van der Waals surface area contributed by atoms with Crippen molar-refractivity contribution in [2.45, 2.75) is 31.0 Å². The molecule has 146 valence electrons. The van der Waals surface area contributed by atoms with E-state index >= 15 is 0 Å². The average Bonchev–Trinajstić information content (AvgIpc) is 2.61. The first kappa shape index (κ1) is 19.7. The van der Waals surface area contributed by atoms with Crippen LogP contribution in [0.25, 0.3) is 0 Å². The summed E-state index contributed by atoms with van der Waals surface area (Å²) in [6.45, 7) is 0.949. The van der Waals surface area contributed by atoms with Crippen LogP contribution in [0.3, 0.4) is 0 Å². The lowest BCUT2D eigenvalue weighted by molar-refractivity contribution is -0.141. The Bertz CT molecular complexity index is 809. The molecule has 0 saturated carbocycles. The van der Waals surface area contributed by atoms with Crippen molar-refractivity contribution in [2.75, 3.05) is 25.1 Å². The molecule has 1 aliphatic heterocycles. The summed E-state index contributed by atoms with van der Waals surface area (Å²) in [6.07, 6.45) is 1.17. The number of aromatic nitrogens is 2. The van der Waals surface area contributed by atoms with Gasteiger partial charge in [-0.3, -0.25) is 4.98 Å². The van der Waals surface area contributed by atoms with Crippen molar-refractivity contribution in [1.82, 2.24) is 9.97 Å². The molecule has 3 rings (SSSR count). The summed E-state index contributed by atoms with van der Waals surface area (Å²) >= 11 is 5.75. The molecule has 0 aliphatic carbocycles. The molecule has 0 radical (unpaired) electrons. The highest BCUT2D eigenvalue weighted by molar-refractivity contribution is 6.31. The molecule has 0 bridgehead atoms. The number of aliphatic hydroxyl groups is 1. The molecule has 0 aromatic carbocycles. The van der Waals surface area contributed by atoms with Crippen LogP contribution in [0.4, 0.5) is 18.9 Å². The van der Waals surface area contributed by atoms with E-state index in [1.165, 1.54) is 12.3 Å². The maximum absolute atomic E-state index is 12.8. The van der Waals surface area contributed by atoms with Crippen LogP contribution in [0.2, 0.25) is 5.02 Å². The number of ether oxygens (including phenoxy) is 1. The lowest BCUT2D eigenvalue weighted by atomic mass is 9.85. The molecule has 2 aromatic heterocycles. The molecule has 0 spiro atoms. The van der Waals surface area contributed by atoms with Crippen molar-refractivity contribution < 1.29 is 23.0 Å². The number of halogens is 4. The zero-order valence-corrected chi connectivity index (χ0v) is 15.4. The summed E-state index contributed by atoms with van der Waals surface area (Å²) in [4.78, 5) is 9.41. The molecule has 1 saturated heterocycles. The third-order valence-electron chi connectivity index (χ3n) is 4.75. The van der Waals surface area contributed by atoms with Gasteiger partial charge in [0.1, 0.15) is 5.75 Å². The predicted octanol–water partition coefficient (Wildman–Crippen LogP) is 3.73. The van der Waals surface area contributed by atoms with Crippen molar-refractivity contribution in [3.8, 4) is 5.75 Å². The summed E-state index contributed by atoms with van der Waals surface area (Å²) in [5, 5.41) is 10.5. The third kappa shape index (κ3) is 4.44. The zero-order chi connectivity index (χ0) is 19.7. The van der Waals surface area contributed by atoms with Gasteiger partial charge in [-0.2, -0.15) is 13.2 Å². The molecule has 2 aromatic rings. The highest BCUT2D eigenvalue weighted by Crippen LogP contribution is 2.36. The number of anilines is 1. The van der Waals surface area contributed by atoms with E-state index in [-0.39, 0.29) is 0 Å². The van der Waals surface area contributed by atoms with Gasteiger partial charge >= 0.3 is 6.18 Å². The molecule has 1 aliphatic rings. The number of nitrogens with zero attached hydrogens (tertiary/aromatic N) is 3. The van der Waals surface area contributed by atoms with Crippen LogP contribution in [-0.2, 0) is 12.6 Å². The quantitative estimate of drug-likeness (QED) is 0.846. The van der Waals surface area contributed by atoms with Gasteiger partial charge in [0.2, 0.25) is 0 Å². The lowest BCUT2D eigenvalue weighted by Crippen LogP contribution is -2.45. The van der Waals surface area contributed by atoms with Crippen molar-refractivity contribution in [2.24, 2.45) is 0 Å². The van der Waals surface area contributed by atoms with E-state index in [4.69, 9.17) is 16.3 Å². The van der Waals surface area contributed by atoms with Crippen molar-refractivity contribution >= 4 is 17.3 Å². The van der Waals surface area contributed by atoms with Crippen molar-refractivity contribution in [3.05, 3.63) is 47.0 Å². The van der Waals surface area contributed by atoms with E-state index in [9.17, 15) is 18.3 Å². The molecule has 9 heteroatoms. The summed E-state index contributed by atoms with van der Waals surface area (Å²) in [5.41, 5.74) is -0.704. The van der Waals surface area contributed by atoms with Gasteiger partial charge in [0, 0.05) is 37.5 Å². The first-order valence-corrected chi connectivity index (χ1v) is 8.77. The molecule has 0 amide bonds. The van der Waals surface area contributed by atoms with Gasteiger partial charge in [-0.25, -0.2) is 4.98 Å². The fourth-order valence-electron chi connectivity index (χ4n) is 3.27. The standard InChI is InChI=1S/C18H19ClF3N3O2/c1-27-15-2-5-23-10-12(15)9-17(26)3-6-25(7-4-17)13-8-14(19)16(24-11-13)18(20,21)22/h2,5,8,10-11,26H,3-4,6-7,9H2,1H3. The van der Waals surface area contributed by atoms with Crippen LogP contribution in [0, 0.1) is 0 Å². The molecule has 0 unspecified atom stereocenters. The minimum absolute atomic E-state index is 0.393. The maximum atomic E-state index is 12.8. The van der Waals surface area contributed by atoms with E-state index in [0.29, 0.717) is 43.8 Å². The van der Waals surface area contributed by atoms with Gasteiger partial charge in [0.15, 0.2) is 5.69 Å². The number of hydrogen-bond acceptors (Lipinski definition) is 5. The highest BCUT2D eigenvalue weighted by atomic mass is 35.5. The largest absolute Gasteiger partial charge is 0.496 e. The Kier molecular flexibility index (Phi) is 5.48. The Morgan fingerprint density at radius 1 is 1.30 bits per heavy atom. The fraction of sp³-hybridized carbons (Fsp3) is 0.444. The summed E-state index contributed by atoms with van der Waals surface area (Å²) in [7, 11) is 1.56. The van der Waals surface area contributed by atoms with E-state index in [1.807, 2.05) is 4.90 Å². The third-order valence-corrected chi connectivity index (χ3v) is 5.04. The molecule has 27 heavy (non-hydrogen) atoms. The Hall–Kier alpha value is -2.06. The second kappa shape index (κ2) is 7.52. The van der Waals surface area contributed by atoms with E-state index in [0.717, 1.165) is 5.56 Å². The summed E-state index contributed by atoms with van der Waals surface area (Å²) in [6, 6.07) is 3.01. The van der Waals surface area contributed by atoms with E-state index in [1.54, 1.807) is 25.6 Å². The Labute approximate surface area is 159 Å². The fourth-order valence-corrected chi connectivity index (χ4v) is 3.54. The van der Waals surface area contributed by atoms with Gasteiger partial charge in [-0.1, -0.05) is 11.6 Å². The first-order valence-electron chi connectivity index (χ1n) is 8.39. The molecular weight excluding hydrogens is 383 g/mol. The van der Waals surface area contributed by atoms with Crippen LogP contribution >= 0.6 is 11.6 Å². The minimum atomic E-state index is -4.58. The van der Waals surface area contributed by atoms with Crippen LogP contribution in [0.5, 0.6) is 5.75 Å². The van der Waals surface area contributed by atoms with Gasteiger partial charge < -0.3 is 14.7 Å². The number of hydrogen-bond donors (Lipinski definition) is 1. The van der Waals surface area contributed by atoms with Crippen LogP contribution in [0.1, 0.15) is 24.1 Å². The minimum Gasteiger partial charge on any atom is -0.496 e. The lowest BCUT2D eigenvalue weighted by Gasteiger charge is -2.39. The van der Waals surface area contributed by atoms with Crippen molar-refractivity contribution in [3.63, 3.8) is 0 Å². The Morgan fingerprint density at radius 2 is 2.00 bits per heavy atom. The molecule has 5 nitrogen and oxygen atoms in total. The van der Waals surface area contributed by atoms with E-state index in [2.05, 4.69) is 9.97 Å². The number of pyridine rings is 2. The normalized spacial score (nSPS) is 17.0. The van der Waals surface area contributed by atoms with Gasteiger partial charge in [0.05, 0.1) is 29.6 Å². The topological polar surface area (TPSA) is 58.5 Å². The first-order chi connectivity index (χ1) is 12.7. The summed E-state index contributed by atoms with van der Waals surface area (Å²) in [5.74, 6) is 0.666. The number of alkyl halides is 3. The smallest absolute Gasteiger partial charge is 0.434 e. The Morgan fingerprint density at radius 3 is 2.59 bits per heavy atom. The van der Waals surface area contributed by atoms with Gasteiger partial charge in [-0.05, 0) is 25.0 Å². The van der Waals surface area contributed by atoms with Gasteiger partial charge in [-0.15, -0.1) is 0 Å². The summed E-state index contributed by atoms with van der Waals surface area (Å²) < 4.78 is 43.7. The number of piperidine rings is 1. The SMILES string of the molecule is COc1ccncc1CC1(O)CCN(c2cnc(C(F)(F)F)c(Cl)c2)CC1. The zero-order valence-electron chi connectivity index (χ0n) is 14.6. The molecule has 3 heterocycles. The number of methoxy groups -OCH3 is 1. The van der Waals surface area contributed by atoms with Crippen molar-refractivity contribution in [1.29, 1.82) is 0 Å².